The van der Waals surface area contributed by atoms with E-state index in [1.807, 2.05) is 4.90 Å². The van der Waals surface area contributed by atoms with Gasteiger partial charge in [-0.15, -0.1) is 0 Å². The lowest BCUT2D eigenvalue weighted by molar-refractivity contribution is 0.0913. The third kappa shape index (κ3) is 3.72. The van der Waals surface area contributed by atoms with Crippen molar-refractivity contribution in [3.8, 4) is 11.8 Å². The highest BCUT2D eigenvalue weighted by Gasteiger charge is 2.25. The van der Waals surface area contributed by atoms with Crippen molar-refractivity contribution in [2.45, 2.75) is 58.0 Å². The minimum absolute atomic E-state index is 0.0281. The number of hydrogen-bond acceptors (Lipinski definition) is 2. The summed E-state index contributed by atoms with van der Waals surface area (Å²) in [5, 5.41) is 0. The molecule has 4 heteroatoms. The molecule has 0 radical (unpaired) electrons. The summed E-state index contributed by atoms with van der Waals surface area (Å²) in [4.78, 5) is 4.26. The topological polar surface area (TPSA) is 6.48 Å². The van der Waals surface area contributed by atoms with Crippen molar-refractivity contribution in [2.75, 3.05) is 24.5 Å². The van der Waals surface area contributed by atoms with Crippen molar-refractivity contribution in [3.05, 3.63) is 29.3 Å². The van der Waals surface area contributed by atoms with Gasteiger partial charge < -0.3 is 4.90 Å². The van der Waals surface area contributed by atoms with E-state index in [0.717, 1.165) is 44.3 Å². The molecule has 2 aliphatic rings. The predicted octanol–water partition coefficient (Wildman–Crippen LogP) is 3.93. The minimum atomic E-state index is -2.28. The summed E-state index contributed by atoms with van der Waals surface area (Å²) < 4.78 is 25.3. The van der Waals surface area contributed by atoms with Crippen molar-refractivity contribution in [3.63, 3.8) is 0 Å². The molecule has 1 atom stereocenters. The van der Waals surface area contributed by atoms with Crippen LogP contribution in [0.3, 0.4) is 0 Å². The summed E-state index contributed by atoms with van der Waals surface area (Å²) in [6.45, 7) is 6.10. The fourth-order valence-corrected chi connectivity index (χ4v) is 3.85. The Morgan fingerprint density at radius 1 is 1.21 bits per heavy atom. The molecule has 24 heavy (non-hydrogen) atoms. The van der Waals surface area contributed by atoms with E-state index in [-0.39, 0.29) is 12.6 Å². The highest BCUT2D eigenvalue weighted by molar-refractivity contribution is 5.62. The summed E-state index contributed by atoms with van der Waals surface area (Å²) in [5.41, 5.74) is 3.68. The van der Waals surface area contributed by atoms with E-state index in [1.165, 1.54) is 11.3 Å². The second-order valence-corrected chi connectivity index (χ2v) is 7.01. The Balaban J connectivity index is 1.83. The highest BCUT2D eigenvalue weighted by Crippen LogP contribution is 2.31. The molecular weight excluding hydrogens is 306 g/mol. The molecule has 2 heterocycles. The quantitative estimate of drug-likeness (QED) is 0.774. The lowest BCUT2D eigenvalue weighted by atomic mass is 9.95. The van der Waals surface area contributed by atoms with Crippen LogP contribution in [-0.2, 0) is 6.42 Å². The molecule has 2 nitrogen and oxygen atoms in total. The van der Waals surface area contributed by atoms with Crippen molar-refractivity contribution >= 4 is 5.69 Å². The number of benzene rings is 1. The number of likely N-dealkylation sites (tertiary alicyclic amines) is 1. The maximum atomic E-state index is 12.7. The third-order valence-corrected chi connectivity index (χ3v) is 5.02. The summed E-state index contributed by atoms with van der Waals surface area (Å²) in [6.07, 6.45) is 1.77. The Hall–Kier alpha value is -1.60. The van der Waals surface area contributed by atoms with Gasteiger partial charge in [0.2, 0.25) is 0 Å². The smallest absolute Gasteiger partial charge is 0.251 e. The number of nitrogens with zero attached hydrogens (tertiary/aromatic N) is 2. The third-order valence-electron chi connectivity index (χ3n) is 5.02. The molecule has 0 amide bonds. The van der Waals surface area contributed by atoms with Gasteiger partial charge in [0.05, 0.1) is 12.6 Å². The molecule has 0 aliphatic carbocycles. The van der Waals surface area contributed by atoms with Crippen LogP contribution in [0, 0.1) is 11.8 Å². The van der Waals surface area contributed by atoms with Gasteiger partial charge >= 0.3 is 0 Å². The van der Waals surface area contributed by atoms with Crippen LogP contribution in [0.4, 0.5) is 14.5 Å². The lowest BCUT2D eigenvalue weighted by Crippen LogP contribution is -2.35. The standard InChI is InChI=1S/C20H26F2N2/c1-15(2)24-13-5-8-18-16(6-3-9-19(18)24)10-11-17-7-4-12-23(17)14-20(21)22/h3,6,9,15,17,20H,4-5,7-8,12-14H2,1-2H3. The van der Waals surface area contributed by atoms with Crippen LogP contribution in [0.2, 0.25) is 0 Å². The Labute approximate surface area is 143 Å². The number of rotatable bonds is 3. The van der Waals surface area contributed by atoms with Crippen LogP contribution in [0.1, 0.15) is 44.2 Å². The zero-order chi connectivity index (χ0) is 17.1. The lowest BCUT2D eigenvalue weighted by Gasteiger charge is -2.35. The fourth-order valence-electron chi connectivity index (χ4n) is 3.85. The van der Waals surface area contributed by atoms with E-state index >= 15 is 0 Å². The molecule has 130 valence electrons. The molecule has 0 N–H and O–H groups in total. The first-order valence-electron chi connectivity index (χ1n) is 8.98. The Morgan fingerprint density at radius 2 is 2.04 bits per heavy atom. The average Bonchev–Trinajstić information content (AvgIpc) is 2.98. The van der Waals surface area contributed by atoms with E-state index in [0.29, 0.717) is 6.04 Å². The van der Waals surface area contributed by atoms with Crippen LogP contribution in [-0.4, -0.2) is 43.0 Å². The predicted molar refractivity (Wildman–Crippen MR) is 94.7 cm³/mol. The first-order chi connectivity index (χ1) is 11.6. The number of hydrogen-bond donors (Lipinski definition) is 0. The zero-order valence-corrected chi connectivity index (χ0v) is 14.6. The van der Waals surface area contributed by atoms with Gasteiger partial charge in [0.15, 0.2) is 0 Å². The second kappa shape index (κ2) is 7.53. The van der Waals surface area contributed by atoms with E-state index in [1.54, 1.807) is 0 Å². The normalized spacial score (nSPS) is 21.1. The molecule has 3 rings (SSSR count). The summed E-state index contributed by atoms with van der Waals surface area (Å²) in [5.74, 6) is 6.59. The van der Waals surface area contributed by atoms with Crippen molar-refractivity contribution in [1.29, 1.82) is 0 Å². The summed E-state index contributed by atoms with van der Waals surface area (Å²) in [6, 6.07) is 6.76. The molecule has 1 aromatic rings. The number of anilines is 1. The summed E-state index contributed by atoms with van der Waals surface area (Å²) in [7, 11) is 0. The molecule has 1 fully saturated rings. The van der Waals surface area contributed by atoms with Crippen LogP contribution < -0.4 is 4.90 Å². The first-order valence-corrected chi connectivity index (χ1v) is 8.98. The zero-order valence-electron chi connectivity index (χ0n) is 14.6. The number of halogens is 2. The van der Waals surface area contributed by atoms with Crippen LogP contribution in [0.25, 0.3) is 0 Å². The van der Waals surface area contributed by atoms with Gasteiger partial charge in [-0.2, -0.15) is 0 Å². The molecule has 1 unspecified atom stereocenters. The number of alkyl halides is 2. The molecule has 0 bridgehead atoms. The van der Waals surface area contributed by atoms with Gasteiger partial charge in [0.1, 0.15) is 0 Å². The van der Waals surface area contributed by atoms with Gasteiger partial charge in [0.25, 0.3) is 6.43 Å². The fraction of sp³-hybridized carbons (Fsp3) is 0.600. The maximum Gasteiger partial charge on any atom is 0.251 e. The van der Waals surface area contributed by atoms with E-state index in [9.17, 15) is 8.78 Å². The van der Waals surface area contributed by atoms with E-state index in [4.69, 9.17) is 0 Å². The first kappa shape index (κ1) is 17.2. The van der Waals surface area contributed by atoms with E-state index < -0.39 is 6.43 Å². The minimum Gasteiger partial charge on any atom is -0.369 e. The molecule has 2 aliphatic heterocycles. The van der Waals surface area contributed by atoms with Gasteiger partial charge in [-0.05, 0) is 63.8 Å². The maximum absolute atomic E-state index is 12.7. The Morgan fingerprint density at radius 3 is 2.79 bits per heavy atom. The molecule has 0 saturated carbocycles. The van der Waals surface area contributed by atoms with Gasteiger partial charge in [-0.1, -0.05) is 17.9 Å². The average molecular weight is 332 g/mol. The monoisotopic (exact) mass is 332 g/mol. The number of fused-ring (bicyclic) bond motifs is 1. The molecule has 1 aromatic carbocycles. The van der Waals surface area contributed by atoms with Gasteiger partial charge in [-0.25, -0.2) is 8.78 Å². The van der Waals surface area contributed by atoms with Crippen LogP contribution >= 0.6 is 0 Å². The molecule has 1 saturated heterocycles. The van der Waals surface area contributed by atoms with Crippen molar-refractivity contribution < 1.29 is 8.78 Å². The van der Waals surface area contributed by atoms with Gasteiger partial charge in [0, 0.05) is 23.8 Å². The van der Waals surface area contributed by atoms with Gasteiger partial charge in [-0.3, -0.25) is 4.90 Å². The summed E-state index contributed by atoms with van der Waals surface area (Å²) >= 11 is 0. The SMILES string of the molecule is CC(C)N1CCCc2c(C#CC3CCCN3CC(F)F)cccc21. The highest BCUT2D eigenvalue weighted by atomic mass is 19.3. The Bertz CT molecular complexity index is 630. The second-order valence-electron chi connectivity index (χ2n) is 7.01. The van der Waals surface area contributed by atoms with E-state index in [2.05, 4.69) is 48.8 Å². The van der Waals surface area contributed by atoms with Crippen molar-refractivity contribution in [2.24, 2.45) is 0 Å². The Kier molecular flexibility index (Phi) is 5.40. The molecule has 0 spiro atoms. The molecule has 0 aromatic heterocycles. The van der Waals surface area contributed by atoms with Crippen molar-refractivity contribution in [1.82, 2.24) is 4.90 Å². The van der Waals surface area contributed by atoms with Crippen LogP contribution in [0.5, 0.6) is 0 Å². The van der Waals surface area contributed by atoms with Crippen LogP contribution in [0.15, 0.2) is 18.2 Å². The largest absolute Gasteiger partial charge is 0.369 e. The molecular formula is C20H26F2N2.